The van der Waals surface area contributed by atoms with Crippen molar-refractivity contribution < 1.29 is 0 Å². The van der Waals surface area contributed by atoms with E-state index in [0.717, 1.165) is 30.2 Å². The molecule has 13 heavy (non-hydrogen) atoms. The predicted octanol–water partition coefficient (Wildman–Crippen LogP) is 2.21. The number of imidazole rings is 1. The van der Waals surface area contributed by atoms with E-state index in [-0.39, 0.29) is 0 Å². The molecule has 1 aromatic heterocycles. The Morgan fingerprint density at radius 3 is 2.23 bits per heavy atom. The Morgan fingerprint density at radius 1 is 1.38 bits per heavy atom. The topological polar surface area (TPSA) is 43.8 Å². The van der Waals surface area contributed by atoms with Gasteiger partial charge in [0.15, 0.2) is 0 Å². The number of nitrogens with zero attached hydrogens (tertiary/aromatic N) is 2. The molecule has 0 amide bonds. The minimum absolute atomic E-state index is 0.514. The van der Waals surface area contributed by atoms with Gasteiger partial charge < -0.3 is 10.3 Å². The fourth-order valence-corrected chi connectivity index (χ4v) is 1.63. The average Bonchev–Trinajstić information content (AvgIpc) is 2.36. The molecule has 2 N–H and O–H groups in total. The standard InChI is InChI=1S/C10H19N3/c1-5-8(6-2)9-10(11)13(4)7(3)12-9/h8H,5-6,11H2,1-4H3. The van der Waals surface area contributed by atoms with Crippen LogP contribution >= 0.6 is 0 Å². The Bertz CT molecular complexity index is 285. The van der Waals surface area contributed by atoms with Crippen molar-refractivity contribution in [1.29, 1.82) is 0 Å². The van der Waals surface area contributed by atoms with Gasteiger partial charge in [-0.25, -0.2) is 4.98 Å². The smallest absolute Gasteiger partial charge is 0.126 e. The highest BCUT2D eigenvalue weighted by molar-refractivity contribution is 5.40. The number of aromatic nitrogens is 2. The zero-order valence-corrected chi connectivity index (χ0v) is 8.96. The zero-order valence-electron chi connectivity index (χ0n) is 8.96. The molecule has 0 aliphatic carbocycles. The van der Waals surface area contributed by atoms with Gasteiger partial charge in [0.25, 0.3) is 0 Å². The molecule has 0 aliphatic rings. The predicted molar refractivity (Wildman–Crippen MR) is 55.7 cm³/mol. The summed E-state index contributed by atoms with van der Waals surface area (Å²) in [4.78, 5) is 4.49. The van der Waals surface area contributed by atoms with Crippen LogP contribution in [0.5, 0.6) is 0 Å². The van der Waals surface area contributed by atoms with Gasteiger partial charge in [0.2, 0.25) is 0 Å². The quantitative estimate of drug-likeness (QED) is 0.777. The van der Waals surface area contributed by atoms with E-state index in [9.17, 15) is 0 Å². The van der Waals surface area contributed by atoms with E-state index in [4.69, 9.17) is 5.73 Å². The average molecular weight is 181 g/mol. The van der Waals surface area contributed by atoms with Crippen molar-refractivity contribution in [3.8, 4) is 0 Å². The van der Waals surface area contributed by atoms with Gasteiger partial charge in [0.05, 0.1) is 5.69 Å². The Labute approximate surface area is 80.0 Å². The SMILES string of the molecule is CCC(CC)c1nc(C)n(C)c1N. The molecule has 74 valence electrons. The molecule has 0 aromatic carbocycles. The van der Waals surface area contributed by atoms with Gasteiger partial charge in [-0.15, -0.1) is 0 Å². The van der Waals surface area contributed by atoms with Crippen LogP contribution in [0.1, 0.15) is 44.1 Å². The molecule has 0 fully saturated rings. The van der Waals surface area contributed by atoms with Crippen LogP contribution in [0.25, 0.3) is 0 Å². The fraction of sp³-hybridized carbons (Fsp3) is 0.700. The largest absolute Gasteiger partial charge is 0.384 e. The summed E-state index contributed by atoms with van der Waals surface area (Å²) in [5, 5.41) is 0. The second-order valence-corrected chi connectivity index (χ2v) is 3.50. The number of nitrogen functional groups attached to an aromatic ring is 1. The van der Waals surface area contributed by atoms with Crippen molar-refractivity contribution in [1.82, 2.24) is 9.55 Å². The fourth-order valence-electron chi connectivity index (χ4n) is 1.63. The first-order chi connectivity index (χ1) is 6.11. The zero-order chi connectivity index (χ0) is 10.0. The Balaban J connectivity index is 3.06. The van der Waals surface area contributed by atoms with Crippen LogP contribution in [-0.2, 0) is 7.05 Å². The van der Waals surface area contributed by atoms with Crippen LogP contribution in [0.4, 0.5) is 5.82 Å². The molecule has 0 spiro atoms. The lowest BCUT2D eigenvalue weighted by atomic mass is 10.00. The van der Waals surface area contributed by atoms with E-state index < -0.39 is 0 Å². The van der Waals surface area contributed by atoms with E-state index in [1.54, 1.807) is 0 Å². The first kappa shape index (κ1) is 10.1. The van der Waals surface area contributed by atoms with Crippen molar-refractivity contribution in [3.05, 3.63) is 11.5 Å². The molecular formula is C10H19N3. The Hall–Kier alpha value is -0.990. The van der Waals surface area contributed by atoms with Gasteiger partial charge in [-0.1, -0.05) is 13.8 Å². The maximum absolute atomic E-state index is 5.96. The number of nitrogens with two attached hydrogens (primary N) is 1. The van der Waals surface area contributed by atoms with Crippen LogP contribution < -0.4 is 5.73 Å². The maximum atomic E-state index is 5.96. The summed E-state index contributed by atoms with van der Waals surface area (Å²) in [6, 6.07) is 0. The number of rotatable bonds is 3. The lowest BCUT2D eigenvalue weighted by Gasteiger charge is -2.09. The Kier molecular flexibility index (Phi) is 2.96. The van der Waals surface area contributed by atoms with Gasteiger partial charge in [-0.3, -0.25) is 0 Å². The van der Waals surface area contributed by atoms with E-state index >= 15 is 0 Å². The molecule has 0 aliphatic heterocycles. The number of anilines is 1. The lowest BCUT2D eigenvalue weighted by molar-refractivity contribution is 0.627. The van der Waals surface area contributed by atoms with Gasteiger partial charge >= 0.3 is 0 Å². The van der Waals surface area contributed by atoms with Crippen LogP contribution in [-0.4, -0.2) is 9.55 Å². The lowest BCUT2D eigenvalue weighted by Crippen LogP contribution is -2.03. The summed E-state index contributed by atoms with van der Waals surface area (Å²) < 4.78 is 1.95. The minimum Gasteiger partial charge on any atom is -0.384 e. The molecule has 3 nitrogen and oxygen atoms in total. The summed E-state index contributed by atoms with van der Waals surface area (Å²) in [6.07, 6.45) is 2.22. The van der Waals surface area contributed by atoms with E-state index in [2.05, 4.69) is 18.8 Å². The third-order valence-electron chi connectivity index (χ3n) is 2.76. The van der Waals surface area contributed by atoms with Crippen molar-refractivity contribution in [2.45, 2.75) is 39.5 Å². The monoisotopic (exact) mass is 181 g/mol. The molecule has 1 aromatic rings. The molecule has 0 radical (unpaired) electrons. The molecule has 0 atom stereocenters. The maximum Gasteiger partial charge on any atom is 0.126 e. The summed E-state index contributed by atoms with van der Waals surface area (Å²) in [7, 11) is 1.96. The van der Waals surface area contributed by atoms with Crippen LogP contribution in [0.15, 0.2) is 0 Å². The first-order valence-electron chi connectivity index (χ1n) is 4.90. The number of hydrogen-bond acceptors (Lipinski definition) is 2. The second-order valence-electron chi connectivity index (χ2n) is 3.50. The summed E-state index contributed by atoms with van der Waals surface area (Å²) in [6.45, 7) is 6.34. The third kappa shape index (κ3) is 1.69. The van der Waals surface area contributed by atoms with Crippen molar-refractivity contribution in [2.75, 3.05) is 5.73 Å². The minimum atomic E-state index is 0.514. The number of hydrogen-bond donors (Lipinski definition) is 1. The molecule has 1 heterocycles. The van der Waals surface area contributed by atoms with E-state index in [1.165, 1.54) is 0 Å². The Morgan fingerprint density at radius 2 is 1.92 bits per heavy atom. The summed E-state index contributed by atoms with van der Waals surface area (Å²) in [5.74, 6) is 2.34. The van der Waals surface area contributed by atoms with Gasteiger partial charge in [0, 0.05) is 13.0 Å². The van der Waals surface area contributed by atoms with Crippen LogP contribution in [0.3, 0.4) is 0 Å². The van der Waals surface area contributed by atoms with Crippen molar-refractivity contribution >= 4 is 5.82 Å². The van der Waals surface area contributed by atoms with Crippen molar-refractivity contribution in [2.24, 2.45) is 7.05 Å². The molecule has 0 saturated heterocycles. The van der Waals surface area contributed by atoms with Gasteiger partial charge in [-0.2, -0.15) is 0 Å². The molecule has 3 heteroatoms. The van der Waals surface area contributed by atoms with E-state index in [0.29, 0.717) is 5.92 Å². The highest BCUT2D eigenvalue weighted by Crippen LogP contribution is 2.27. The van der Waals surface area contributed by atoms with E-state index in [1.807, 2.05) is 18.5 Å². The van der Waals surface area contributed by atoms with Gasteiger partial charge in [0.1, 0.15) is 11.6 Å². The summed E-state index contributed by atoms with van der Waals surface area (Å²) in [5.41, 5.74) is 7.03. The summed E-state index contributed by atoms with van der Waals surface area (Å²) >= 11 is 0. The number of aryl methyl sites for hydroxylation is 1. The highest BCUT2D eigenvalue weighted by atomic mass is 15.1. The van der Waals surface area contributed by atoms with Crippen LogP contribution in [0, 0.1) is 6.92 Å². The molecule has 1 rings (SSSR count). The second kappa shape index (κ2) is 3.81. The van der Waals surface area contributed by atoms with Gasteiger partial charge in [-0.05, 0) is 19.8 Å². The molecular weight excluding hydrogens is 162 g/mol. The molecule has 0 saturated carbocycles. The third-order valence-corrected chi connectivity index (χ3v) is 2.76. The molecule has 0 bridgehead atoms. The molecule has 0 unspecified atom stereocenters. The normalized spacial score (nSPS) is 11.2. The van der Waals surface area contributed by atoms with Crippen LogP contribution in [0.2, 0.25) is 0 Å². The first-order valence-corrected chi connectivity index (χ1v) is 4.90. The van der Waals surface area contributed by atoms with Crippen molar-refractivity contribution in [3.63, 3.8) is 0 Å². The highest BCUT2D eigenvalue weighted by Gasteiger charge is 2.16.